The van der Waals surface area contributed by atoms with Crippen LogP contribution in [0.4, 0.5) is 4.39 Å². The summed E-state index contributed by atoms with van der Waals surface area (Å²) in [4.78, 5) is 18.5. The second-order valence-corrected chi connectivity index (χ2v) is 8.12. The first kappa shape index (κ1) is 19.7. The normalized spacial score (nSPS) is 18.4. The van der Waals surface area contributed by atoms with E-state index >= 15 is 0 Å². The Morgan fingerprint density at radius 2 is 1.94 bits per heavy atom. The number of H-pyrrole nitrogens is 1. The molecule has 0 amide bonds. The van der Waals surface area contributed by atoms with Crippen molar-refractivity contribution >= 4 is 23.7 Å². The summed E-state index contributed by atoms with van der Waals surface area (Å²) < 4.78 is 13.9. The van der Waals surface area contributed by atoms with E-state index in [1.807, 2.05) is 24.3 Å². The molecule has 9 heteroatoms. The third-order valence-corrected chi connectivity index (χ3v) is 5.67. The zero-order chi connectivity index (χ0) is 21.4. The van der Waals surface area contributed by atoms with Crippen LogP contribution in [-0.2, 0) is 17.8 Å². The molecule has 0 radical (unpaired) electrons. The quantitative estimate of drug-likeness (QED) is 0.572. The molecule has 1 saturated carbocycles. The summed E-state index contributed by atoms with van der Waals surface area (Å²) >= 11 is 6.03. The summed E-state index contributed by atoms with van der Waals surface area (Å²) in [6.45, 7) is 0.286. The second kappa shape index (κ2) is 8.11. The van der Waals surface area contributed by atoms with E-state index in [1.54, 1.807) is 23.2 Å². The van der Waals surface area contributed by atoms with Crippen molar-refractivity contribution in [1.82, 2.24) is 25.1 Å². The van der Waals surface area contributed by atoms with Gasteiger partial charge in [0.1, 0.15) is 11.6 Å². The van der Waals surface area contributed by atoms with E-state index < -0.39 is 6.17 Å². The van der Waals surface area contributed by atoms with Crippen molar-refractivity contribution in [3.63, 3.8) is 0 Å². The number of halogens is 2. The van der Waals surface area contributed by atoms with Crippen LogP contribution < -0.4 is 0 Å². The predicted octanol–water partition coefficient (Wildman–Crippen LogP) is 3.35. The van der Waals surface area contributed by atoms with Crippen molar-refractivity contribution in [2.75, 3.05) is 0 Å². The van der Waals surface area contributed by atoms with Crippen LogP contribution in [0, 0.1) is 5.82 Å². The fourth-order valence-electron chi connectivity index (χ4n) is 3.76. The van der Waals surface area contributed by atoms with Crippen LogP contribution in [0.15, 0.2) is 53.6 Å². The number of hydrazone groups is 1. The van der Waals surface area contributed by atoms with Gasteiger partial charge in [-0.2, -0.15) is 10.2 Å². The van der Waals surface area contributed by atoms with E-state index in [2.05, 4.69) is 20.1 Å². The number of nitrogens with zero attached hydrogens (tertiary/aromatic N) is 5. The summed E-state index contributed by atoms with van der Waals surface area (Å²) in [5.74, 6) is 1.52. The van der Waals surface area contributed by atoms with E-state index in [1.165, 1.54) is 6.07 Å². The molecule has 158 valence electrons. The molecule has 0 bridgehead atoms. The highest BCUT2D eigenvalue weighted by molar-refractivity contribution is 6.30. The van der Waals surface area contributed by atoms with Crippen molar-refractivity contribution in [3.05, 3.63) is 82.1 Å². The van der Waals surface area contributed by atoms with Gasteiger partial charge < -0.3 is 4.90 Å². The molecule has 2 aromatic carbocycles. The average Bonchev–Trinajstić information content (AvgIpc) is 3.41. The molecule has 1 N–H and O–H groups in total. The number of rotatable bonds is 7. The minimum atomic E-state index is -0.515. The maximum Gasteiger partial charge on any atom is 0.176 e. The smallest absolute Gasteiger partial charge is 0.176 e. The lowest BCUT2D eigenvalue weighted by atomic mass is 10.1. The van der Waals surface area contributed by atoms with E-state index in [0.29, 0.717) is 28.3 Å². The molecule has 0 spiro atoms. The number of carbonyl (C=O) groups is 1. The lowest BCUT2D eigenvalue weighted by molar-refractivity contribution is -0.115. The van der Waals surface area contributed by atoms with Gasteiger partial charge in [-0.3, -0.25) is 14.9 Å². The van der Waals surface area contributed by atoms with Crippen molar-refractivity contribution in [2.24, 2.45) is 5.10 Å². The van der Waals surface area contributed by atoms with E-state index in [0.717, 1.165) is 30.5 Å². The Hall–Kier alpha value is -3.26. The number of carbonyl (C=O) groups excluding carboxylic acids is 1. The minimum Gasteiger partial charge on any atom is -0.324 e. The van der Waals surface area contributed by atoms with Crippen LogP contribution in [0.3, 0.4) is 0 Å². The van der Waals surface area contributed by atoms with Gasteiger partial charge in [-0.05, 0) is 48.7 Å². The zero-order valence-electron chi connectivity index (χ0n) is 16.6. The van der Waals surface area contributed by atoms with Crippen molar-refractivity contribution in [3.8, 4) is 0 Å². The number of hydrogen-bond acceptors (Lipinski definition) is 6. The number of benzene rings is 2. The molecule has 1 aliphatic heterocycles. The molecule has 2 aliphatic rings. The highest BCUT2D eigenvalue weighted by atomic mass is 35.5. The third kappa shape index (κ3) is 4.03. The van der Waals surface area contributed by atoms with Gasteiger partial charge in [0.15, 0.2) is 24.1 Å². The molecule has 1 aromatic heterocycles. The van der Waals surface area contributed by atoms with Crippen LogP contribution in [0.25, 0.3) is 0 Å². The first-order valence-corrected chi connectivity index (χ1v) is 10.5. The maximum absolute atomic E-state index is 13.9. The standard InChI is InChI=1S/C22H20ClFN6O/c23-16-7-5-14(6-8-16)22-28-29(21(13-31)30(22)17-9-10-17)12-20-25-19(26-27-20)11-15-3-1-2-4-18(15)24/h1-8,13,17,21H,9-12H2,(H,25,26,27). The molecule has 1 aliphatic carbocycles. The van der Waals surface area contributed by atoms with E-state index in [-0.39, 0.29) is 18.8 Å². The topological polar surface area (TPSA) is 77.5 Å². The number of aromatic nitrogens is 3. The minimum absolute atomic E-state index is 0.285. The largest absolute Gasteiger partial charge is 0.324 e. The third-order valence-electron chi connectivity index (χ3n) is 5.42. The molecule has 5 rings (SSSR count). The molecule has 2 heterocycles. The van der Waals surface area contributed by atoms with Gasteiger partial charge in [0.05, 0.1) is 6.54 Å². The highest BCUT2D eigenvalue weighted by Crippen LogP contribution is 2.35. The Labute approximate surface area is 183 Å². The first-order chi connectivity index (χ1) is 15.1. The van der Waals surface area contributed by atoms with Gasteiger partial charge >= 0.3 is 0 Å². The van der Waals surface area contributed by atoms with Gasteiger partial charge in [-0.1, -0.05) is 29.8 Å². The van der Waals surface area contributed by atoms with Crippen LogP contribution in [0.2, 0.25) is 5.02 Å². The Bertz CT molecular complexity index is 1130. The monoisotopic (exact) mass is 438 g/mol. The maximum atomic E-state index is 13.9. The second-order valence-electron chi connectivity index (χ2n) is 7.68. The van der Waals surface area contributed by atoms with Crippen molar-refractivity contribution < 1.29 is 9.18 Å². The molecule has 3 aromatic rings. The van der Waals surface area contributed by atoms with Gasteiger partial charge in [0, 0.05) is 23.0 Å². The first-order valence-electron chi connectivity index (χ1n) is 10.1. The van der Waals surface area contributed by atoms with Gasteiger partial charge in [0.2, 0.25) is 0 Å². The average molecular weight is 439 g/mol. The molecule has 1 atom stereocenters. The summed E-state index contributed by atoms with van der Waals surface area (Å²) in [6, 6.07) is 14.3. The van der Waals surface area contributed by atoms with Crippen LogP contribution >= 0.6 is 11.6 Å². The molecule has 0 saturated heterocycles. The zero-order valence-corrected chi connectivity index (χ0v) is 17.3. The number of aromatic amines is 1. The molecular weight excluding hydrogens is 419 g/mol. The van der Waals surface area contributed by atoms with Gasteiger partial charge in [-0.15, -0.1) is 0 Å². The Balaban J connectivity index is 1.38. The van der Waals surface area contributed by atoms with E-state index in [9.17, 15) is 9.18 Å². The molecule has 1 unspecified atom stereocenters. The molecular formula is C22H20ClFN6O. The molecule has 31 heavy (non-hydrogen) atoms. The van der Waals surface area contributed by atoms with Crippen molar-refractivity contribution in [1.29, 1.82) is 0 Å². The number of amidine groups is 1. The molecule has 7 nitrogen and oxygen atoms in total. The Morgan fingerprint density at radius 3 is 2.65 bits per heavy atom. The van der Waals surface area contributed by atoms with Crippen LogP contribution in [0.5, 0.6) is 0 Å². The number of nitrogens with one attached hydrogen (secondary N) is 1. The fourth-order valence-corrected chi connectivity index (χ4v) is 3.89. The SMILES string of the molecule is O=CC1N(Cc2nc(Cc3ccccc3F)n[nH]2)N=C(c2ccc(Cl)cc2)N1C1CC1. The number of aldehydes is 1. The van der Waals surface area contributed by atoms with E-state index in [4.69, 9.17) is 16.7 Å². The lowest BCUT2D eigenvalue weighted by Gasteiger charge is -2.27. The van der Waals surface area contributed by atoms with Crippen LogP contribution in [-0.4, -0.2) is 49.4 Å². The summed E-state index contributed by atoms with van der Waals surface area (Å²) in [5, 5.41) is 14.2. The van der Waals surface area contributed by atoms with Gasteiger partial charge in [0.25, 0.3) is 0 Å². The fraction of sp³-hybridized carbons (Fsp3) is 0.273. The van der Waals surface area contributed by atoms with Gasteiger partial charge in [-0.25, -0.2) is 9.37 Å². The summed E-state index contributed by atoms with van der Waals surface area (Å²) in [5.41, 5.74) is 1.44. The number of hydrogen-bond donors (Lipinski definition) is 1. The van der Waals surface area contributed by atoms with Crippen LogP contribution in [0.1, 0.15) is 35.6 Å². The summed E-state index contributed by atoms with van der Waals surface area (Å²) in [7, 11) is 0. The lowest BCUT2D eigenvalue weighted by Crippen LogP contribution is -2.44. The Morgan fingerprint density at radius 1 is 1.16 bits per heavy atom. The predicted molar refractivity (Wildman–Crippen MR) is 114 cm³/mol. The summed E-state index contributed by atoms with van der Waals surface area (Å²) in [6.07, 6.45) is 2.73. The molecule has 1 fully saturated rings. The Kier molecular flexibility index (Phi) is 5.15. The highest BCUT2D eigenvalue weighted by Gasteiger charge is 2.43. The van der Waals surface area contributed by atoms with Crippen molar-refractivity contribution in [2.45, 2.75) is 38.0 Å².